The molecular weight excluding hydrogens is 206 g/mol. The van der Waals surface area contributed by atoms with E-state index in [0.29, 0.717) is 0 Å². The van der Waals surface area contributed by atoms with Crippen LogP contribution in [0.2, 0.25) is 0 Å². The lowest BCUT2D eigenvalue weighted by molar-refractivity contribution is 0.537. The Morgan fingerprint density at radius 2 is 0.882 bits per heavy atom. The van der Waals surface area contributed by atoms with E-state index in [2.05, 4.69) is 19.2 Å². The number of unbranched alkanes of at least 4 members (excludes halogenated alkanes) is 10. The Morgan fingerprint density at radius 3 is 1.41 bits per heavy atom. The molecule has 1 nitrogen and oxygen atoms in total. The molecular formula is C16H34N. The zero-order valence-corrected chi connectivity index (χ0v) is 12.3. The van der Waals surface area contributed by atoms with Crippen molar-refractivity contribution < 1.29 is 0 Å². The van der Waals surface area contributed by atoms with Crippen LogP contribution in [0.25, 0.3) is 0 Å². The standard InChI is InChI=1S/C16H34N/c1-3-5-7-8-9-10-11-12-13-14-16-17-15-6-4-2/h3-16H2,1-2H3. The number of nitrogens with zero attached hydrogens (tertiary/aromatic N) is 1. The Morgan fingerprint density at radius 1 is 0.471 bits per heavy atom. The van der Waals surface area contributed by atoms with Gasteiger partial charge >= 0.3 is 0 Å². The summed E-state index contributed by atoms with van der Waals surface area (Å²) in [6, 6.07) is 0. The Kier molecular flexibility index (Phi) is 15.9. The molecule has 0 aliphatic carbocycles. The Balaban J connectivity index is 2.85. The van der Waals surface area contributed by atoms with Crippen molar-refractivity contribution in [3.05, 3.63) is 0 Å². The lowest BCUT2D eigenvalue weighted by atomic mass is 10.1. The van der Waals surface area contributed by atoms with Crippen LogP contribution in [0, 0.1) is 0 Å². The molecule has 0 unspecified atom stereocenters. The molecule has 0 saturated heterocycles. The van der Waals surface area contributed by atoms with Crippen LogP contribution < -0.4 is 5.32 Å². The van der Waals surface area contributed by atoms with E-state index in [-0.39, 0.29) is 0 Å². The normalized spacial score (nSPS) is 10.9. The summed E-state index contributed by atoms with van der Waals surface area (Å²) in [7, 11) is 0. The van der Waals surface area contributed by atoms with Crippen molar-refractivity contribution in [1.29, 1.82) is 0 Å². The fourth-order valence-corrected chi connectivity index (χ4v) is 2.09. The molecule has 17 heavy (non-hydrogen) atoms. The van der Waals surface area contributed by atoms with E-state index in [0.717, 1.165) is 13.1 Å². The lowest BCUT2D eigenvalue weighted by Crippen LogP contribution is -2.07. The van der Waals surface area contributed by atoms with Crippen LogP contribution in [-0.4, -0.2) is 13.1 Å². The first-order chi connectivity index (χ1) is 8.41. The highest BCUT2D eigenvalue weighted by Gasteiger charge is 1.93. The third kappa shape index (κ3) is 16.0. The van der Waals surface area contributed by atoms with Crippen LogP contribution in [0.1, 0.15) is 90.9 Å². The van der Waals surface area contributed by atoms with Gasteiger partial charge in [-0.25, -0.2) is 5.32 Å². The van der Waals surface area contributed by atoms with E-state index in [9.17, 15) is 0 Å². The van der Waals surface area contributed by atoms with Gasteiger partial charge in [0.2, 0.25) is 0 Å². The summed E-state index contributed by atoms with van der Waals surface area (Å²) >= 11 is 0. The molecule has 103 valence electrons. The van der Waals surface area contributed by atoms with Crippen LogP contribution in [-0.2, 0) is 0 Å². The number of hydrogen-bond acceptors (Lipinski definition) is 0. The second-order valence-corrected chi connectivity index (χ2v) is 5.21. The van der Waals surface area contributed by atoms with E-state index < -0.39 is 0 Å². The summed E-state index contributed by atoms with van der Waals surface area (Å²) in [5.41, 5.74) is 0. The summed E-state index contributed by atoms with van der Waals surface area (Å²) < 4.78 is 0. The molecule has 0 amide bonds. The minimum Gasteiger partial charge on any atom is -0.242 e. The van der Waals surface area contributed by atoms with Gasteiger partial charge in [-0.3, -0.25) is 0 Å². The van der Waals surface area contributed by atoms with Gasteiger partial charge in [0.05, 0.1) is 0 Å². The van der Waals surface area contributed by atoms with Crippen molar-refractivity contribution in [2.75, 3.05) is 13.1 Å². The van der Waals surface area contributed by atoms with Gasteiger partial charge < -0.3 is 0 Å². The zero-order chi connectivity index (χ0) is 12.6. The SMILES string of the molecule is CCCCCCCCCCCC[N]CCCC. The van der Waals surface area contributed by atoms with Crippen LogP contribution in [0.5, 0.6) is 0 Å². The molecule has 0 heterocycles. The molecule has 0 saturated carbocycles. The summed E-state index contributed by atoms with van der Waals surface area (Å²) in [5, 5.41) is 4.53. The highest BCUT2D eigenvalue weighted by atomic mass is 14.8. The maximum Gasteiger partial charge on any atom is 0.0133 e. The van der Waals surface area contributed by atoms with Gasteiger partial charge in [-0.1, -0.05) is 78.1 Å². The monoisotopic (exact) mass is 240 g/mol. The second kappa shape index (κ2) is 16.0. The first-order valence-electron chi connectivity index (χ1n) is 8.05. The average Bonchev–Trinajstić information content (AvgIpc) is 2.35. The number of rotatable bonds is 14. The van der Waals surface area contributed by atoms with Crippen molar-refractivity contribution in [3.63, 3.8) is 0 Å². The van der Waals surface area contributed by atoms with Gasteiger partial charge in [-0.05, 0) is 12.8 Å². The second-order valence-electron chi connectivity index (χ2n) is 5.21. The van der Waals surface area contributed by atoms with Crippen molar-refractivity contribution in [3.8, 4) is 0 Å². The molecule has 0 atom stereocenters. The molecule has 1 radical (unpaired) electrons. The molecule has 0 aromatic carbocycles. The van der Waals surface area contributed by atoms with Gasteiger partial charge in [0.25, 0.3) is 0 Å². The third-order valence-electron chi connectivity index (χ3n) is 3.34. The average molecular weight is 240 g/mol. The van der Waals surface area contributed by atoms with Crippen molar-refractivity contribution in [2.24, 2.45) is 0 Å². The van der Waals surface area contributed by atoms with E-state index in [4.69, 9.17) is 0 Å². The highest BCUT2D eigenvalue weighted by Crippen LogP contribution is 2.10. The molecule has 0 bridgehead atoms. The molecule has 0 fully saturated rings. The molecule has 0 aliphatic heterocycles. The van der Waals surface area contributed by atoms with Crippen molar-refractivity contribution in [1.82, 2.24) is 5.32 Å². The predicted octanol–water partition coefficient (Wildman–Crippen LogP) is 5.31. The molecule has 0 aromatic rings. The largest absolute Gasteiger partial charge is 0.242 e. The Bertz CT molecular complexity index is 109. The topological polar surface area (TPSA) is 14.1 Å². The van der Waals surface area contributed by atoms with Crippen LogP contribution >= 0.6 is 0 Å². The van der Waals surface area contributed by atoms with Crippen LogP contribution in [0.15, 0.2) is 0 Å². The van der Waals surface area contributed by atoms with Gasteiger partial charge in [-0.2, -0.15) is 0 Å². The van der Waals surface area contributed by atoms with Gasteiger partial charge in [0, 0.05) is 13.1 Å². The van der Waals surface area contributed by atoms with Gasteiger partial charge in [0.15, 0.2) is 0 Å². The van der Waals surface area contributed by atoms with E-state index >= 15 is 0 Å². The summed E-state index contributed by atoms with van der Waals surface area (Å²) in [6.45, 7) is 6.71. The van der Waals surface area contributed by atoms with Crippen LogP contribution in [0.4, 0.5) is 0 Å². The highest BCUT2D eigenvalue weighted by molar-refractivity contribution is 4.50. The maximum absolute atomic E-state index is 4.53. The molecule has 0 spiro atoms. The smallest absolute Gasteiger partial charge is 0.0133 e. The van der Waals surface area contributed by atoms with E-state index in [1.54, 1.807) is 0 Å². The van der Waals surface area contributed by atoms with Crippen molar-refractivity contribution in [2.45, 2.75) is 90.9 Å². The minimum atomic E-state index is 1.09. The van der Waals surface area contributed by atoms with Crippen LogP contribution in [0.3, 0.4) is 0 Å². The van der Waals surface area contributed by atoms with Crippen molar-refractivity contribution >= 4 is 0 Å². The first kappa shape index (κ1) is 17.0. The number of hydrogen-bond donors (Lipinski definition) is 0. The summed E-state index contributed by atoms with van der Waals surface area (Å²) in [6.07, 6.45) is 16.8. The fraction of sp³-hybridized carbons (Fsp3) is 1.00. The fourth-order valence-electron chi connectivity index (χ4n) is 2.09. The maximum atomic E-state index is 4.53. The molecule has 0 N–H and O–H groups in total. The van der Waals surface area contributed by atoms with Gasteiger partial charge in [-0.15, -0.1) is 0 Å². The Hall–Kier alpha value is -0.0400. The predicted molar refractivity (Wildman–Crippen MR) is 78.6 cm³/mol. The summed E-state index contributed by atoms with van der Waals surface area (Å²) in [5.74, 6) is 0. The first-order valence-corrected chi connectivity index (χ1v) is 8.05. The molecule has 0 aromatic heterocycles. The quantitative estimate of drug-likeness (QED) is 0.365. The van der Waals surface area contributed by atoms with E-state index in [1.165, 1.54) is 77.0 Å². The summed E-state index contributed by atoms with van der Waals surface area (Å²) in [4.78, 5) is 0. The third-order valence-corrected chi connectivity index (χ3v) is 3.34. The zero-order valence-electron chi connectivity index (χ0n) is 12.3. The van der Waals surface area contributed by atoms with E-state index in [1.807, 2.05) is 0 Å². The van der Waals surface area contributed by atoms with Gasteiger partial charge in [0.1, 0.15) is 0 Å². The molecule has 0 rings (SSSR count). The lowest BCUT2D eigenvalue weighted by Gasteiger charge is -2.03. The molecule has 0 aliphatic rings. The Labute approximate surface area is 110 Å². The molecule has 1 heteroatoms. The minimum absolute atomic E-state index is 1.09.